The number of carbonyl (C=O) groups is 1. The second-order valence-corrected chi connectivity index (χ2v) is 5.28. The van der Waals surface area contributed by atoms with Crippen LogP contribution in [0.3, 0.4) is 0 Å². The normalized spacial score (nSPS) is 11.0. The molecule has 0 spiro atoms. The molecule has 7 nitrogen and oxygen atoms in total. The Morgan fingerprint density at radius 1 is 1.35 bits per heavy atom. The monoisotopic (exact) mass is 436 g/mol. The largest absolute Gasteiger partial charge is 0.357 e. The maximum absolute atomic E-state index is 11.6. The van der Waals surface area contributed by atoms with E-state index in [9.17, 15) is 4.79 Å². The molecule has 1 amide bonds. The number of hydrogen-bond donors (Lipinski definition) is 3. The van der Waals surface area contributed by atoms with Crippen LogP contribution in [-0.4, -0.2) is 47.3 Å². The predicted molar refractivity (Wildman–Crippen MR) is 104 cm³/mol. The van der Waals surface area contributed by atoms with Crippen molar-refractivity contribution in [2.24, 2.45) is 4.99 Å². The minimum Gasteiger partial charge on any atom is -0.357 e. The summed E-state index contributed by atoms with van der Waals surface area (Å²) < 4.78 is 1.89. The van der Waals surface area contributed by atoms with Gasteiger partial charge in [-0.15, -0.1) is 24.0 Å². The Kier molecular flexibility index (Phi) is 12.4. The second kappa shape index (κ2) is 13.1. The first kappa shape index (κ1) is 21.7. The highest BCUT2D eigenvalue weighted by atomic mass is 127. The van der Waals surface area contributed by atoms with Gasteiger partial charge in [0.05, 0.1) is 0 Å². The molecule has 3 N–H and O–H groups in total. The van der Waals surface area contributed by atoms with Gasteiger partial charge in [-0.05, 0) is 33.3 Å². The number of rotatable bonds is 9. The molecule has 0 aliphatic heterocycles. The fourth-order valence-electron chi connectivity index (χ4n) is 1.89. The molecule has 132 valence electrons. The Morgan fingerprint density at radius 2 is 2.13 bits per heavy atom. The predicted octanol–water partition coefficient (Wildman–Crippen LogP) is 1.36. The van der Waals surface area contributed by atoms with Gasteiger partial charge in [-0.1, -0.05) is 0 Å². The average molecular weight is 436 g/mol. The van der Waals surface area contributed by atoms with Gasteiger partial charge in [0.15, 0.2) is 5.96 Å². The van der Waals surface area contributed by atoms with E-state index in [4.69, 9.17) is 0 Å². The molecular formula is C15H29IN6O. The van der Waals surface area contributed by atoms with Crippen LogP contribution in [0.1, 0.15) is 33.6 Å². The van der Waals surface area contributed by atoms with Crippen molar-refractivity contribution in [3.8, 4) is 0 Å². The molecule has 0 fully saturated rings. The van der Waals surface area contributed by atoms with E-state index in [2.05, 4.69) is 26.0 Å². The smallest absolute Gasteiger partial charge is 0.221 e. The number of guanidine groups is 1. The van der Waals surface area contributed by atoms with Crippen molar-refractivity contribution in [1.29, 1.82) is 0 Å². The highest BCUT2D eigenvalue weighted by molar-refractivity contribution is 14.0. The molecule has 0 saturated heterocycles. The van der Waals surface area contributed by atoms with E-state index >= 15 is 0 Å². The molecule has 0 saturated carbocycles. The van der Waals surface area contributed by atoms with E-state index in [0.29, 0.717) is 19.5 Å². The van der Waals surface area contributed by atoms with Crippen LogP contribution in [0.25, 0.3) is 0 Å². The lowest BCUT2D eigenvalue weighted by atomic mass is 10.3. The van der Waals surface area contributed by atoms with E-state index in [1.165, 1.54) is 0 Å². The standard InChI is InChI=1S/C15H28N6O.HI/c1-4-16-15(18-10-7-14(22)20-13(2)3)17-8-5-11-21-12-6-9-19-21;/h6,9,12-13H,4-5,7-8,10-11H2,1-3H3,(H,20,22)(H2,16,17,18);1H. The summed E-state index contributed by atoms with van der Waals surface area (Å²) in [5, 5.41) is 13.4. The first-order chi connectivity index (χ1) is 10.6. The van der Waals surface area contributed by atoms with Crippen molar-refractivity contribution in [3.63, 3.8) is 0 Å². The van der Waals surface area contributed by atoms with Crippen molar-refractivity contribution in [2.75, 3.05) is 19.6 Å². The van der Waals surface area contributed by atoms with Crippen LogP contribution in [0.5, 0.6) is 0 Å². The topological polar surface area (TPSA) is 83.3 Å². The van der Waals surface area contributed by atoms with E-state index in [-0.39, 0.29) is 35.9 Å². The van der Waals surface area contributed by atoms with Crippen LogP contribution in [-0.2, 0) is 11.3 Å². The van der Waals surface area contributed by atoms with Gasteiger partial charge < -0.3 is 16.0 Å². The van der Waals surface area contributed by atoms with Crippen LogP contribution in [0.15, 0.2) is 23.5 Å². The molecule has 1 rings (SSSR count). The summed E-state index contributed by atoms with van der Waals surface area (Å²) in [6.45, 7) is 8.87. The molecule has 23 heavy (non-hydrogen) atoms. The molecule has 0 atom stereocenters. The van der Waals surface area contributed by atoms with Gasteiger partial charge in [0.1, 0.15) is 0 Å². The molecule has 0 bridgehead atoms. The Hall–Kier alpha value is -1.32. The molecule has 1 heterocycles. The zero-order valence-electron chi connectivity index (χ0n) is 14.2. The highest BCUT2D eigenvalue weighted by Gasteiger charge is 2.03. The summed E-state index contributed by atoms with van der Waals surface area (Å²) in [6, 6.07) is 2.09. The van der Waals surface area contributed by atoms with Crippen molar-refractivity contribution in [2.45, 2.75) is 46.2 Å². The fourth-order valence-corrected chi connectivity index (χ4v) is 1.89. The molecule has 0 aliphatic rings. The average Bonchev–Trinajstić information content (AvgIpc) is 2.95. The minimum atomic E-state index is 0. The number of aliphatic imine (C=N–C) groups is 1. The number of carbonyl (C=O) groups excluding carboxylic acids is 1. The van der Waals surface area contributed by atoms with Gasteiger partial charge in [-0.3, -0.25) is 14.5 Å². The quantitative estimate of drug-likeness (QED) is 0.236. The zero-order valence-corrected chi connectivity index (χ0v) is 16.5. The van der Waals surface area contributed by atoms with Crippen molar-refractivity contribution in [1.82, 2.24) is 25.7 Å². The third-order valence-corrected chi connectivity index (χ3v) is 2.81. The summed E-state index contributed by atoms with van der Waals surface area (Å²) in [7, 11) is 0. The Bertz CT molecular complexity index is 447. The highest BCUT2D eigenvalue weighted by Crippen LogP contribution is 1.90. The lowest BCUT2D eigenvalue weighted by molar-refractivity contribution is -0.121. The van der Waals surface area contributed by atoms with Crippen LogP contribution in [0, 0.1) is 0 Å². The van der Waals surface area contributed by atoms with Crippen molar-refractivity contribution >= 4 is 35.8 Å². The number of amides is 1. The van der Waals surface area contributed by atoms with Crippen LogP contribution in [0.4, 0.5) is 0 Å². The first-order valence-electron chi connectivity index (χ1n) is 7.90. The van der Waals surface area contributed by atoms with Gasteiger partial charge in [-0.25, -0.2) is 0 Å². The maximum Gasteiger partial charge on any atom is 0.221 e. The van der Waals surface area contributed by atoms with Crippen molar-refractivity contribution in [3.05, 3.63) is 18.5 Å². The molecular weight excluding hydrogens is 407 g/mol. The van der Waals surface area contributed by atoms with Crippen LogP contribution in [0.2, 0.25) is 0 Å². The fraction of sp³-hybridized carbons (Fsp3) is 0.667. The number of nitrogens with zero attached hydrogens (tertiary/aromatic N) is 3. The number of hydrogen-bond acceptors (Lipinski definition) is 3. The summed E-state index contributed by atoms with van der Waals surface area (Å²) in [5.41, 5.74) is 0. The van der Waals surface area contributed by atoms with E-state index in [0.717, 1.165) is 25.5 Å². The Balaban J connectivity index is 0.00000484. The van der Waals surface area contributed by atoms with Gasteiger partial charge in [0.25, 0.3) is 0 Å². The third-order valence-electron chi connectivity index (χ3n) is 2.81. The summed E-state index contributed by atoms with van der Waals surface area (Å²) in [6.07, 6.45) is 5.08. The lowest BCUT2D eigenvalue weighted by Gasteiger charge is -2.12. The second-order valence-electron chi connectivity index (χ2n) is 5.28. The molecule has 1 aromatic heterocycles. The molecule has 0 unspecified atom stereocenters. The molecule has 1 aromatic rings. The summed E-state index contributed by atoms with van der Waals surface area (Å²) in [5.74, 6) is 0.803. The Morgan fingerprint density at radius 3 is 2.74 bits per heavy atom. The molecule has 0 aromatic carbocycles. The van der Waals surface area contributed by atoms with E-state index in [1.807, 2.05) is 37.7 Å². The summed E-state index contributed by atoms with van der Waals surface area (Å²) >= 11 is 0. The first-order valence-corrected chi connectivity index (χ1v) is 7.90. The van der Waals surface area contributed by atoms with Crippen LogP contribution >= 0.6 is 24.0 Å². The van der Waals surface area contributed by atoms with E-state index < -0.39 is 0 Å². The number of nitrogens with one attached hydrogen (secondary N) is 3. The molecule has 0 aliphatic carbocycles. The third kappa shape index (κ3) is 10.9. The summed E-state index contributed by atoms with van der Waals surface area (Å²) in [4.78, 5) is 16.1. The van der Waals surface area contributed by atoms with Gasteiger partial charge in [-0.2, -0.15) is 5.10 Å². The van der Waals surface area contributed by atoms with Crippen LogP contribution < -0.4 is 16.0 Å². The van der Waals surface area contributed by atoms with Gasteiger partial charge in [0.2, 0.25) is 5.91 Å². The minimum absolute atomic E-state index is 0. The lowest BCUT2D eigenvalue weighted by Crippen LogP contribution is -2.40. The van der Waals surface area contributed by atoms with Gasteiger partial charge >= 0.3 is 0 Å². The SMILES string of the molecule is CCNC(=NCCCn1cccn1)NCCC(=O)NC(C)C.I. The number of aromatic nitrogens is 2. The van der Waals surface area contributed by atoms with E-state index in [1.54, 1.807) is 6.20 Å². The number of aryl methyl sites for hydroxylation is 1. The molecule has 0 radical (unpaired) electrons. The van der Waals surface area contributed by atoms with Gasteiger partial charge in [0, 0.05) is 51.0 Å². The molecule has 8 heteroatoms. The van der Waals surface area contributed by atoms with Crippen molar-refractivity contribution < 1.29 is 4.79 Å². The Labute approximate surface area is 155 Å². The number of halogens is 1. The zero-order chi connectivity index (χ0) is 16.2. The maximum atomic E-state index is 11.6.